The number of sulfone groups is 1. The molecule has 0 amide bonds. The van der Waals surface area contributed by atoms with E-state index in [4.69, 9.17) is 4.74 Å². The Bertz CT molecular complexity index is 566. The molecule has 8 heteroatoms. The lowest BCUT2D eigenvalue weighted by molar-refractivity contribution is -0.0435. The molecule has 1 saturated heterocycles. The molecular weight excluding hydrogens is 295 g/mol. The number of hydrogen-bond acceptors (Lipinski definition) is 4. The van der Waals surface area contributed by atoms with Gasteiger partial charge in [-0.3, -0.25) is 0 Å². The molecule has 1 fully saturated rings. The van der Waals surface area contributed by atoms with Crippen molar-refractivity contribution in [2.45, 2.75) is 29.3 Å². The zero-order valence-corrected chi connectivity index (χ0v) is 11.3. The Labute approximate surface area is 114 Å². The molecule has 0 saturated carbocycles. The van der Waals surface area contributed by atoms with Gasteiger partial charge >= 0.3 is 5.51 Å². The van der Waals surface area contributed by atoms with Crippen molar-refractivity contribution in [3.05, 3.63) is 24.3 Å². The van der Waals surface area contributed by atoms with Crippen molar-refractivity contribution in [2.75, 3.05) is 18.5 Å². The second kappa shape index (κ2) is 5.61. The third-order valence-electron chi connectivity index (χ3n) is 3.00. The fraction of sp³-hybridized carbons (Fsp3) is 0.500. The van der Waals surface area contributed by atoms with Crippen LogP contribution in [0.3, 0.4) is 0 Å². The number of nitrogens with one attached hydrogen (secondary N) is 1. The summed E-state index contributed by atoms with van der Waals surface area (Å²) in [6, 6.07) is 4.85. The Hall–Kier alpha value is -1.28. The molecule has 0 spiro atoms. The first-order valence-electron chi connectivity index (χ1n) is 6.07. The van der Waals surface area contributed by atoms with Gasteiger partial charge in [0.25, 0.3) is 9.84 Å². The largest absolute Gasteiger partial charge is 0.501 e. The van der Waals surface area contributed by atoms with Gasteiger partial charge in [0.05, 0.1) is 17.2 Å². The fourth-order valence-electron chi connectivity index (χ4n) is 2.02. The summed E-state index contributed by atoms with van der Waals surface area (Å²) in [6.45, 7) is 0.959. The Balaban J connectivity index is 2.31. The van der Waals surface area contributed by atoms with E-state index in [0.717, 1.165) is 18.9 Å². The van der Waals surface area contributed by atoms with E-state index < -0.39 is 20.2 Å². The molecule has 1 aliphatic heterocycles. The van der Waals surface area contributed by atoms with Gasteiger partial charge in [0.15, 0.2) is 0 Å². The molecule has 4 nitrogen and oxygen atoms in total. The van der Waals surface area contributed by atoms with Gasteiger partial charge in [0, 0.05) is 12.6 Å². The molecule has 0 radical (unpaired) electrons. The Morgan fingerprint density at radius 2 is 1.95 bits per heavy atom. The maximum atomic E-state index is 12.6. The van der Waals surface area contributed by atoms with Crippen LogP contribution >= 0.6 is 0 Å². The Morgan fingerprint density at radius 1 is 1.25 bits per heavy atom. The minimum Gasteiger partial charge on any atom is -0.379 e. The van der Waals surface area contributed by atoms with Crippen LogP contribution in [0.1, 0.15) is 12.8 Å². The van der Waals surface area contributed by atoms with Crippen molar-refractivity contribution in [2.24, 2.45) is 0 Å². The summed E-state index contributed by atoms with van der Waals surface area (Å²) in [7, 11) is -5.36. The van der Waals surface area contributed by atoms with E-state index in [9.17, 15) is 21.6 Å². The lowest BCUT2D eigenvalue weighted by Crippen LogP contribution is -2.31. The number of para-hydroxylation sites is 1. The highest BCUT2D eigenvalue weighted by Crippen LogP contribution is 2.34. The van der Waals surface area contributed by atoms with Crippen molar-refractivity contribution in [1.82, 2.24) is 0 Å². The first-order valence-corrected chi connectivity index (χ1v) is 7.55. The summed E-state index contributed by atoms with van der Waals surface area (Å²) >= 11 is 0. The van der Waals surface area contributed by atoms with Gasteiger partial charge in [0.1, 0.15) is 0 Å². The first kappa shape index (κ1) is 15.1. The number of anilines is 1. The summed E-state index contributed by atoms with van der Waals surface area (Å²) in [4.78, 5) is -0.752. The van der Waals surface area contributed by atoms with Crippen LogP contribution in [-0.4, -0.2) is 33.2 Å². The molecule has 0 aliphatic carbocycles. The lowest BCUT2D eigenvalue weighted by Gasteiger charge is -2.25. The molecule has 0 bridgehead atoms. The number of benzene rings is 1. The average Bonchev–Trinajstić information content (AvgIpc) is 2.39. The van der Waals surface area contributed by atoms with Crippen LogP contribution in [0.25, 0.3) is 0 Å². The van der Waals surface area contributed by atoms with E-state index in [-0.39, 0.29) is 11.7 Å². The molecule has 1 N–H and O–H groups in total. The molecule has 1 aliphatic rings. The number of alkyl halides is 3. The predicted molar refractivity (Wildman–Crippen MR) is 67.1 cm³/mol. The smallest absolute Gasteiger partial charge is 0.379 e. The van der Waals surface area contributed by atoms with Crippen LogP contribution in [0.5, 0.6) is 0 Å². The van der Waals surface area contributed by atoms with Crippen LogP contribution < -0.4 is 5.32 Å². The maximum Gasteiger partial charge on any atom is 0.501 e. The van der Waals surface area contributed by atoms with E-state index in [0.29, 0.717) is 13.2 Å². The number of rotatable bonds is 3. The normalized spacial score (nSPS) is 20.6. The summed E-state index contributed by atoms with van der Waals surface area (Å²) in [5, 5.41) is 2.82. The molecule has 1 atom stereocenters. The Morgan fingerprint density at radius 3 is 2.55 bits per heavy atom. The van der Waals surface area contributed by atoms with Crippen molar-refractivity contribution in [3.8, 4) is 0 Å². The lowest BCUT2D eigenvalue weighted by atomic mass is 10.1. The molecule has 0 aromatic heterocycles. The zero-order chi connectivity index (χ0) is 14.8. The van der Waals surface area contributed by atoms with Gasteiger partial charge in [-0.1, -0.05) is 12.1 Å². The standard InChI is InChI=1S/C12H14F3NO3S/c13-12(14,15)20(17,18)11-6-2-1-5-10(11)16-9-4-3-7-19-8-9/h1-2,5-6,9,16H,3-4,7-8H2. The first-order chi connectivity index (χ1) is 9.32. The van der Waals surface area contributed by atoms with Crippen LogP contribution in [0.15, 0.2) is 29.2 Å². The number of ether oxygens (including phenoxy) is 1. The van der Waals surface area contributed by atoms with Crippen LogP contribution in [0.4, 0.5) is 18.9 Å². The second-order valence-electron chi connectivity index (χ2n) is 4.50. The van der Waals surface area contributed by atoms with Gasteiger partial charge in [-0.05, 0) is 25.0 Å². The van der Waals surface area contributed by atoms with Crippen molar-refractivity contribution >= 4 is 15.5 Å². The van der Waals surface area contributed by atoms with E-state index in [1.807, 2.05) is 0 Å². The maximum absolute atomic E-state index is 12.6. The average molecular weight is 309 g/mol. The molecule has 20 heavy (non-hydrogen) atoms. The highest BCUT2D eigenvalue weighted by atomic mass is 32.2. The van der Waals surface area contributed by atoms with Gasteiger partial charge in [-0.15, -0.1) is 0 Å². The summed E-state index contributed by atoms with van der Waals surface area (Å²) in [5.41, 5.74) is -5.35. The molecular formula is C12H14F3NO3S. The quantitative estimate of drug-likeness (QED) is 0.932. The third kappa shape index (κ3) is 3.06. The highest BCUT2D eigenvalue weighted by Gasteiger charge is 2.48. The molecule has 1 aromatic rings. The van der Waals surface area contributed by atoms with Gasteiger partial charge in [-0.2, -0.15) is 13.2 Å². The van der Waals surface area contributed by atoms with Crippen LogP contribution in [0, 0.1) is 0 Å². The monoisotopic (exact) mass is 309 g/mol. The molecule has 2 rings (SSSR count). The topological polar surface area (TPSA) is 55.4 Å². The summed E-state index contributed by atoms with van der Waals surface area (Å²) < 4.78 is 66.2. The molecule has 1 heterocycles. The fourth-order valence-corrected chi connectivity index (χ4v) is 2.94. The third-order valence-corrected chi connectivity index (χ3v) is 4.55. The molecule has 112 valence electrons. The summed E-state index contributed by atoms with van der Waals surface area (Å²) in [5.74, 6) is 0. The summed E-state index contributed by atoms with van der Waals surface area (Å²) in [6.07, 6.45) is 1.51. The van der Waals surface area contributed by atoms with Gasteiger partial charge in [-0.25, -0.2) is 8.42 Å². The zero-order valence-electron chi connectivity index (χ0n) is 10.5. The second-order valence-corrected chi connectivity index (χ2v) is 6.41. The minimum absolute atomic E-state index is 0.0414. The molecule has 1 aromatic carbocycles. The van der Waals surface area contributed by atoms with Gasteiger partial charge < -0.3 is 10.1 Å². The highest BCUT2D eigenvalue weighted by molar-refractivity contribution is 7.92. The minimum atomic E-state index is -5.36. The van der Waals surface area contributed by atoms with Crippen molar-refractivity contribution in [3.63, 3.8) is 0 Å². The Kier molecular flexibility index (Phi) is 4.24. The van der Waals surface area contributed by atoms with E-state index in [1.165, 1.54) is 18.2 Å². The number of halogens is 3. The van der Waals surface area contributed by atoms with Crippen molar-refractivity contribution < 1.29 is 26.3 Å². The SMILES string of the molecule is O=S(=O)(c1ccccc1NC1CCCOC1)C(F)(F)F. The predicted octanol–water partition coefficient (Wildman–Crippen LogP) is 2.57. The molecule has 1 unspecified atom stereocenters. The van der Waals surface area contributed by atoms with E-state index >= 15 is 0 Å². The van der Waals surface area contributed by atoms with Crippen molar-refractivity contribution in [1.29, 1.82) is 0 Å². The van der Waals surface area contributed by atoms with E-state index in [1.54, 1.807) is 0 Å². The van der Waals surface area contributed by atoms with E-state index in [2.05, 4.69) is 5.32 Å². The van der Waals surface area contributed by atoms with Gasteiger partial charge in [0.2, 0.25) is 0 Å². The van der Waals surface area contributed by atoms with Crippen LogP contribution in [-0.2, 0) is 14.6 Å². The number of hydrogen-bond donors (Lipinski definition) is 1. The van der Waals surface area contributed by atoms with Crippen LogP contribution in [0.2, 0.25) is 0 Å².